The normalized spacial score (nSPS) is 10.8. The summed E-state index contributed by atoms with van der Waals surface area (Å²) in [6, 6.07) is 1.45. The number of nitrogens with one attached hydrogen (secondary N) is 1. The van der Waals surface area contributed by atoms with Gasteiger partial charge in [-0.15, -0.1) is 10.2 Å². The first-order valence-corrected chi connectivity index (χ1v) is 7.80. The summed E-state index contributed by atoms with van der Waals surface area (Å²) in [7, 11) is 0. The molecule has 1 N–H and O–H groups in total. The van der Waals surface area contributed by atoms with Gasteiger partial charge in [-0.05, 0) is 13.3 Å². The average Bonchev–Trinajstić information content (AvgIpc) is 2.81. The highest BCUT2D eigenvalue weighted by atomic mass is 32.2. The average molecular weight is 298 g/mol. The summed E-state index contributed by atoms with van der Waals surface area (Å²) in [6.45, 7) is 3.88. The molecule has 0 atom stereocenters. The third kappa shape index (κ3) is 4.39. The van der Waals surface area contributed by atoms with Gasteiger partial charge in [0.2, 0.25) is 5.89 Å². The Morgan fingerprint density at radius 2 is 2.21 bits per heavy atom. The quantitative estimate of drug-likeness (QED) is 0.646. The Labute approximate surface area is 118 Å². The molecule has 2 aromatic rings. The zero-order chi connectivity index (χ0) is 13.7. The lowest BCUT2D eigenvalue weighted by atomic mass is 10.5. The van der Waals surface area contributed by atoms with Crippen molar-refractivity contribution in [2.45, 2.75) is 36.4 Å². The molecule has 0 saturated carbocycles. The zero-order valence-corrected chi connectivity index (χ0v) is 12.3. The number of nitrogens with zero attached hydrogens (tertiary/aromatic N) is 3. The molecule has 0 fully saturated rings. The molecule has 2 rings (SSSR count). The topological polar surface area (TPSA) is 84.7 Å². The largest absolute Gasteiger partial charge is 0.415 e. The number of hydrogen-bond acceptors (Lipinski definition) is 7. The molecule has 0 bridgehead atoms. The highest BCUT2D eigenvalue weighted by Crippen LogP contribution is 2.21. The Hall–Kier alpha value is -1.28. The monoisotopic (exact) mass is 298 g/mol. The molecule has 8 heteroatoms. The molecule has 2 aromatic heterocycles. The third-order valence-corrected chi connectivity index (χ3v) is 3.94. The minimum Gasteiger partial charge on any atom is -0.415 e. The van der Waals surface area contributed by atoms with E-state index >= 15 is 0 Å². The smallest absolute Gasteiger partial charge is 0.276 e. The van der Waals surface area contributed by atoms with Crippen molar-refractivity contribution in [3.05, 3.63) is 28.0 Å². The number of thioether (sulfide) groups is 2. The van der Waals surface area contributed by atoms with E-state index in [0.29, 0.717) is 27.7 Å². The van der Waals surface area contributed by atoms with Crippen LogP contribution in [0, 0.1) is 6.92 Å². The first kappa shape index (κ1) is 14.1. The van der Waals surface area contributed by atoms with Gasteiger partial charge >= 0.3 is 0 Å². The van der Waals surface area contributed by atoms with E-state index in [-0.39, 0.29) is 5.56 Å². The molecule has 0 aliphatic carbocycles. The molecule has 0 amide bonds. The summed E-state index contributed by atoms with van der Waals surface area (Å²) in [4.78, 5) is 18.2. The summed E-state index contributed by atoms with van der Waals surface area (Å²) in [5.74, 6) is 1.99. The fraction of sp³-hybridized carbons (Fsp3) is 0.455. The number of H-pyrrole nitrogens is 1. The van der Waals surface area contributed by atoms with E-state index in [0.717, 1.165) is 12.2 Å². The lowest BCUT2D eigenvalue weighted by Crippen LogP contribution is -2.08. The van der Waals surface area contributed by atoms with Crippen LogP contribution in [0.25, 0.3) is 0 Å². The second-order valence-corrected chi connectivity index (χ2v) is 5.80. The summed E-state index contributed by atoms with van der Waals surface area (Å²) in [5, 5.41) is 9.04. The molecule has 2 heterocycles. The van der Waals surface area contributed by atoms with Gasteiger partial charge in [0.1, 0.15) is 0 Å². The zero-order valence-electron chi connectivity index (χ0n) is 10.7. The summed E-state index contributed by atoms with van der Waals surface area (Å²) < 4.78 is 5.47. The summed E-state index contributed by atoms with van der Waals surface area (Å²) in [6.07, 6.45) is 1.06. The van der Waals surface area contributed by atoms with E-state index in [1.165, 1.54) is 17.8 Å². The van der Waals surface area contributed by atoms with E-state index in [1.54, 1.807) is 18.7 Å². The highest BCUT2D eigenvalue weighted by Gasteiger charge is 2.08. The van der Waals surface area contributed by atoms with Crippen molar-refractivity contribution >= 4 is 23.5 Å². The van der Waals surface area contributed by atoms with Gasteiger partial charge in [0.05, 0.1) is 5.75 Å². The van der Waals surface area contributed by atoms with E-state index in [2.05, 4.69) is 27.1 Å². The van der Waals surface area contributed by atoms with E-state index < -0.39 is 0 Å². The van der Waals surface area contributed by atoms with Crippen molar-refractivity contribution in [3.8, 4) is 0 Å². The predicted octanol–water partition coefficient (Wildman–Crippen LogP) is 2.26. The van der Waals surface area contributed by atoms with Crippen molar-refractivity contribution in [1.29, 1.82) is 0 Å². The molecule has 6 nitrogen and oxygen atoms in total. The Balaban J connectivity index is 1.94. The molecule has 0 radical (unpaired) electrons. The minimum atomic E-state index is -0.153. The van der Waals surface area contributed by atoms with Gasteiger partial charge in [-0.3, -0.25) is 4.79 Å². The number of rotatable bonds is 6. The third-order valence-electron chi connectivity index (χ3n) is 2.06. The fourth-order valence-corrected chi connectivity index (χ4v) is 2.68. The lowest BCUT2D eigenvalue weighted by molar-refractivity contribution is 0.426. The van der Waals surface area contributed by atoms with Gasteiger partial charge in [-0.2, -0.15) is 0 Å². The van der Waals surface area contributed by atoms with Crippen LogP contribution in [-0.4, -0.2) is 25.9 Å². The van der Waals surface area contributed by atoms with Crippen molar-refractivity contribution in [1.82, 2.24) is 20.2 Å². The first-order chi connectivity index (χ1) is 9.17. The lowest BCUT2D eigenvalue weighted by Gasteiger charge is -1.98. The van der Waals surface area contributed by atoms with E-state index in [9.17, 15) is 4.79 Å². The van der Waals surface area contributed by atoms with Gasteiger partial charge in [-0.1, -0.05) is 30.4 Å². The van der Waals surface area contributed by atoms with Gasteiger partial charge in [0.15, 0.2) is 5.16 Å². The van der Waals surface area contributed by atoms with Crippen LogP contribution >= 0.6 is 23.5 Å². The Kier molecular flexibility index (Phi) is 5.03. The molecule has 0 aliphatic rings. The highest BCUT2D eigenvalue weighted by molar-refractivity contribution is 7.99. The molecule has 0 aliphatic heterocycles. The molecule has 102 valence electrons. The predicted molar refractivity (Wildman–Crippen MR) is 74.5 cm³/mol. The summed E-state index contributed by atoms with van der Waals surface area (Å²) in [5.41, 5.74) is 0.538. The Morgan fingerprint density at radius 1 is 1.37 bits per heavy atom. The SMILES string of the molecule is CCCSc1nnc(CSc2nc(C)cc(=O)[nH]2)o1. The van der Waals surface area contributed by atoms with Gasteiger partial charge in [0, 0.05) is 17.5 Å². The van der Waals surface area contributed by atoms with Crippen LogP contribution in [0.3, 0.4) is 0 Å². The van der Waals surface area contributed by atoms with Crippen LogP contribution in [0.15, 0.2) is 25.7 Å². The van der Waals surface area contributed by atoms with Crippen LogP contribution in [0.5, 0.6) is 0 Å². The van der Waals surface area contributed by atoms with Crippen LogP contribution < -0.4 is 5.56 Å². The molecule has 0 aromatic carbocycles. The molecule has 0 unspecified atom stereocenters. The Morgan fingerprint density at radius 3 is 2.95 bits per heavy atom. The van der Waals surface area contributed by atoms with Crippen LogP contribution in [0.4, 0.5) is 0 Å². The van der Waals surface area contributed by atoms with Crippen LogP contribution in [-0.2, 0) is 5.75 Å². The van der Waals surface area contributed by atoms with Gasteiger partial charge in [-0.25, -0.2) is 4.98 Å². The van der Waals surface area contributed by atoms with Crippen molar-refractivity contribution in [2.24, 2.45) is 0 Å². The van der Waals surface area contributed by atoms with Crippen LogP contribution in [0.2, 0.25) is 0 Å². The minimum absolute atomic E-state index is 0.153. The van der Waals surface area contributed by atoms with E-state index in [1.807, 2.05) is 0 Å². The molecular formula is C11H14N4O2S2. The second kappa shape index (κ2) is 6.76. The first-order valence-electron chi connectivity index (χ1n) is 5.83. The maximum atomic E-state index is 11.3. The number of aryl methyl sites for hydroxylation is 1. The van der Waals surface area contributed by atoms with Crippen molar-refractivity contribution in [2.75, 3.05) is 5.75 Å². The van der Waals surface area contributed by atoms with Gasteiger partial charge in [0.25, 0.3) is 10.8 Å². The number of aromatic nitrogens is 4. The molecular weight excluding hydrogens is 284 g/mol. The van der Waals surface area contributed by atoms with E-state index in [4.69, 9.17) is 4.42 Å². The maximum Gasteiger partial charge on any atom is 0.276 e. The van der Waals surface area contributed by atoms with Crippen molar-refractivity contribution in [3.63, 3.8) is 0 Å². The standard InChI is InChI=1S/C11H14N4O2S2/c1-3-4-18-11-15-14-9(17-11)6-19-10-12-7(2)5-8(16)13-10/h5H,3-4,6H2,1-2H3,(H,12,13,16). The molecule has 19 heavy (non-hydrogen) atoms. The van der Waals surface area contributed by atoms with Gasteiger partial charge < -0.3 is 9.40 Å². The molecule has 0 saturated heterocycles. The fourth-order valence-electron chi connectivity index (χ4n) is 1.29. The number of aromatic amines is 1. The number of hydrogen-bond donors (Lipinski definition) is 1. The molecule has 0 spiro atoms. The van der Waals surface area contributed by atoms with Crippen molar-refractivity contribution < 1.29 is 4.42 Å². The van der Waals surface area contributed by atoms with Crippen LogP contribution in [0.1, 0.15) is 24.9 Å². The Bertz CT molecular complexity index is 596. The second-order valence-electron chi connectivity index (χ2n) is 3.79. The summed E-state index contributed by atoms with van der Waals surface area (Å²) >= 11 is 2.91. The maximum absolute atomic E-state index is 11.3.